The topological polar surface area (TPSA) is 33.2 Å². The van der Waals surface area contributed by atoms with Crippen molar-refractivity contribution in [2.45, 2.75) is 6.42 Å². The van der Waals surface area contributed by atoms with Crippen molar-refractivity contribution >= 4 is 27.5 Å². The van der Waals surface area contributed by atoms with E-state index >= 15 is 0 Å². The molecule has 0 aliphatic carbocycles. The summed E-state index contributed by atoms with van der Waals surface area (Å²) in [6.07, 6.45) is 4.07. The van der Waals surface area contributed by atoms with Crippen LogP contribution in [0, 0.1) is 0 Å². The molecule has 0 atom stereocenters. The molecule has 0 spiro atoms. The molecule has 1 amide bonds. The van der Waals surface area contributed by atoms with Crippen LogP contribution in [-0.4, -0.2) is 17.9 Å². The van der Waals surface area contributed by atoms with Crippen LogP contribution in [0.1, 0.15) is 5.56 Å². The summed E-state index contributed by atoms with van der Waals surface area (Å²) in [5, 5.41) is 0. The van der Waals surface area contributed by atoms with E-state index < -0.39 is 0 Å². The number of anilines is 1. The number of halogens is 1. The number of amides is 1. The van der Waals surface area contributed by atoms with Gasteiger partial charge in [-0.2, -0.15) is 0 Å². The number of hydrogen-bond donors (Lipinski definition) is 0. The second-order valence-corrected chi connectivity index (χ2v) is 5.28. The average Bonchev–Trinajstić information content (AvgIpc) is 2.65. The fourth-order valence-corrected chi connectivity index (χ4v) is 2.58. The van der Waals surface area contributed by atoms with E-state index in [-0.39, 0.29) is 5.91 Å². The highest BCUT2D eigenvalue weighted by Crippen LogP contribution is 2.32. The summed E-state index contributed by atoms with van der Waals surface area (Å²) in [6.45, 7) is 0. The van der Waals surface area contributed by atoms with Gasteiger partial charge >= 0.3 is 0 Å². The number of carbonyl (C=O) groups excluding carboxylic acids is 1. The Hall–Kier alpha value is -1.68. The molecule has 18 heavy (non-hydrogen) atoms. The lowest BCUT2D eigenvalue weighted by atomic mass is 10.0. The Kier molecular flexibility index (Phi) is 2.67. The summed E-state index contributed by atoms with van der Waals surface area (Å²) < 4.78 is 0.952. The Morgan fingerprint density at radius 2 is 2.06 bits per heavy atom. The van der Waals surface area contributed by atoms with E-state index in [1.54, 1.807) is 11.1 Å². The maximum Gasteiger partial charge on any atom is 0.231 e. The Bertz CT molecular complexity index is 639. The van der Waals surface area contributed by atoms with E-state index in [0.717, 1.165) is 26.9 Å². The third-order valence-corrected chi connectivity index (χ3v) is 3.63. The molecular formula is C14H11BrN2O. The second-order valence-electron chi connectivity index (χ2n) is 4.36. The molecule has 1 aromatic heterocycles. The van der Waals surface area contributed by atoms with Gasteiger partial charge in [0.2, 0.25) is 5.91 Å². The van der Waals surface area contributed by atoms with Crippen molar-refractivity contribution in [1.82, 2.24) is 4.98 Å². The van der Waals surface area contributed by atoms with Crippen LogP contribution < -0.4 is 4.90 Å². The molecule has 90 valence electrons. The molecule has 0 fully saturated rings. The number of benzene rings is 1. The summed E-state index contributed by atoms with van der Waals surface area (Å²) in [5.41, 5.74) is 4.23. The summed E-state index contributed by atoms with van der Waals surface area (Å²) in [5.74, 6) is 0.148. The monoisotopic (exact) mass is 302 g/mol. The predicted molar refractivity (Wildman–Crippen MR) is 74.5 cm³/mol. The highest BCUT2D eigenvalue weighted by molar-refractivity contribution is 9.10. The number of hydrogen-bond acceptors (Lipinski definition) is 2. The van der Waals surface area contributed by atoms with Crippen molar-refractivity contribution in [1.29, 1.82) is 0 Å². The summed E-state index contributed by atoms with van der Waals surface area (Å²) in [4.78, 5) is 17.5. The molecular weight excluding hydrogens is 292 g/mol. The van der Waals surface area contributed by atoms with Crippen molar-refractivity contribution < 1.29 is 4.79 Å². The van der Waals surface area contributed by atoms with Crippen LogP contribution in [0.15, 0.2) is 41.1 Å². The van der Waals surface area contributed by atoms with Gasteiger partial charge < -0.3 is 4.90 Å². The Morgan fingerprint density at radius 3 is 2.83 bits per heavy atom. The number of carbonyl (C=O) groups is 1. The SMILES string of the molecule is CN1C(=O)Cc2cc(-c3cncc(Br)c3)ccc21. The maximum absolute atomic E-state index is 11.6. The van der Waals surface area contributed by atoms with Crippen molar-refractivity contribution in [3.8, 4) is 11.1 Å². The summed E-state index contributed by atoms with van der Waals surface area (Å²) in [6, 6.07) is 8.11. The van der Waals surface area contributed by atoms with E-state index in [2.05, 4.69) is 27.0 Å². The highest BCUT2D eigenvalue weighted by Gasteiger charge is 2.23. The quantitative estimate of drug-likeness (QED) is 0.811. The Labute approximate surface area is 114 Å². The minimum absolute atomic E-state index is 0.148. The summed E-state index contributed by atoms with van der Waals surface area (Å²) in [7, 11) is 1.81. The molecule has 0 N–H and O–H groups in total. The van der Waals surface area contributed by atoms with E-state index in [4.69, 9.17) is 0 Å². The number of nitrogens with zero attached hydrogens (tertiary/aromatic N) is 2. The molecule has 1 aromatic carbocycles. The zero-order valence-corrected chi connectivity index (χ0v) is 11.4. The normalized spacial score (nSPS) is 13.9. The van der Waals surface area contributed by atoms with Gasteiger partial charge in [0.05, 0.1) is 6.42 Å². The van der Waals surface area contributed by atoms with Gasteiger partial charge in [-0.3, -0.25) is 9.78 Å². The zero-order valence-electron chi connectivity index (χ0n) is 9.85. The minimum atomic E-state index is 0.148. The number of pyridine rings is 1. The van der Waals surface area contributed by atoms with Gasteiger partial charge in [-0.1, -0.05) is 6.07 Å². The fraction of sp³-hybridized carbons (Fsp3) is 0.143. The molecule has 1 aliphatic rings. The predicted octanol–water partition coefficient (Wildman–Crippen LogP) is 3.03. The lowest BCUT2D eigenvalue weighted by molar-refractivity contribution is -0.117. The smallest absolute Gasteiger partial charge is 0.231 e. The van der Waals surface area contributed by atoms with Crippen LogP contribution in [0.3, 0.4) is 0 Å². The second kappa shape index (κ2) is 4.21. The van der Waals surface area contributed by atoms with Crippen molar-refractivity contribution in [3.05, 3.63) is 46.7 Å². The third kappa shape index (κ3) is 1.82. The van der Waals surface area contributed by atoms with Crippen LogP contribution >= 0.6 is 15.9 Å². The van der Waals surface area contributed by atoms with E-state index in [1.165, 1.54) is 0 Å². The van der Waals surface area contributed by atoms with Crippen LogP contribution in [-0.2, 0) is 11.2 Å². The van der Waals surface area contributed by atoms with Crippen molar-refractivity contribution in [3.63, 3.8) is 0 Å². The molecule has 0 bridgehead atoms. The van der Waals surface area contributed by atoms with Gasteiger partial charge in [0.25, 0.3) is 0 Å². The van der Waals surface area contributed by atoms with Crippen LogP contribution in [0.2, 0.25) is 0 Å². The lowest BCUT2D eigenvalue weighted by Crippen LogP contribution is -2.20. The number of fused-ring (bicyclic) bond motifs is 1. The molecule has 4 heteroatoms. The number of aromatic nitrogens is 1. The first-order valence-electron chi connectivity index (χ1n) is 5.65. The van der Waals surface area contributed by atoms with Crippen LogP contribution in [0.5, 0.6) is 0 Å². The third-order valence-electron chi connectivity index (χ3n) is 3.19. The standard InChI is InChI=1S/C14H11BrN2O/c1-17-13-3-2-9(4-10(13)6-14(17)18)11-5-12(15)8-16-7-11/h2-5,7-8H,6H2,1H3. The maximum atomic E-state index is 11.6. The molecule has 2 aromatic rings. The molecule has 0 saturated heterocycles. The van der Waals surface area contributed by atoms with Gasteiger partial charge in [-0.15, -0.1) is 0 Å². The average molecular weight is 303 g/mol. The molecule has 0 saturated carbocycles. The van der Waals surface area contributed by atoms with Gasteiger partial charge in [-0.05, 0) is 45.3 Å². The zero-order chi connectivity index (χ0) is 12.7. The first kappa shape index (κ1) is 11.4. The van der Waals surface area contributed by atoms with Gasteiger partial charge in [0.15, 0.2) is 0 Å². The Balaban J connectivity index is 2.07. The fourth-order valence-electron chi connectivity index (χ4n) is 2.22. The number of likely N-dealkylation sites (N-methyl/N-ethyl adjacent to an activating group) is 1. The molecule has 2 heterocycles. The molecule has 3 nitrogen and oxygen atoms in total. The Morgan fingerprint density at radius 1 is 1.22 bits per heavy atom. The minimum Gasteiger partial charge on any atom is -0.315 e. The van der Waals surface area contributed by atoms with Crippen LogP contribution in [0.4, 0.5) is 5.69 Å². The van der Waals surface area contributed by atoms with Crippen molar-refractivity contribution in [2.75, 3.05) is 11.9 Å². The van der Waals surface area contributed by atoms with Crippen LogP contribution in [0.25, 0.3) is 11.1 Å². The first-order valence-corrected chi connectivity index (χ1v) is 6.45. The molecule has 0 radical (unpaired) electrons. The number of rotatable bonds is 1. The van der Waals surface area contributed by atoms with E-state index in [0.29, 0.717) is 6.42 Å². The largest absolute Gasteiger partial charge is 0.315 e. The molecule has 3 rings (SSSR count). The first-order chi connectivity index (χ1) is 8.65. The molecule has 0 unspecified atom stereocenters. The van der Waals surface area contributed by atoms with Gasteiger partial charge in [0.1, 0.15) is 0 Å². The summed E-state index contributed by atoms with van der Waals surface area (Å²) >= 11 is 3.42. The molecule has 1 aliphatic heterocycles. The van der Waals surface area contributed by atoms with Gasteiger partial charge in [0, 0.05) is 35.2 Å². The van der Waals surface area contributed by atoms with E-state index in [9.17, 15) is 4.79 Å². The van der Waals surface area contributed by atoms with Crippen molar-refractivity contribution in [2.24, 2.45) is 0 Å². The highest BCUT2D eigenvalue weighted by atomic mass is 79.9. The lowest BCUT2D eigenvalue weighted by Gasteiger charge is -2.10. The van der Waals surface area contributed by atoms with E-state index in [1.807, 2.05) is 31.4 Å². The van der Waals surface area contributed by atoms with Gasteiger partial charge in [-0.25, -0.2) is 0 Å².